The summed E-state index contributed by atoms with van der Waals surface area (Å²) < 4.78 is 43.0. The summed E-state index contributed by atoms with van der Waals surface area (Å²) in [6.45, 7) is 2.29. The molecule has 110 valence electrons. The van der Waals surface area contributed by atoms with Gasteiger partial charge in [0.2, 0.25) is 0 Å². The van der Waals surface area contributed by atoms with Crippen LogP contribution in [0, 0.1) is 10.1 Å². The number of nitro benzene ring substituents is 1. The molecule has 0 aliphatic carbocycles. The summed E-state index contributed by atoms with van der Waals surface area (Å²) in [5, 5.41) is 19.4. The van der Waals surface area contributed by atoms with Gasteiger partial charge in [0.25, 0.3) is 5.69 Å². The number of hydrogen-bond donors (Lipinski definition) is 1. The first-order valence-electron chi connectivity index (χ1n) is 5.23. The van der Waals surface area contributed by atoms with E-state index in [0.29, 0.717) is 12.1 Å². The molecule has 0 bridgehead atoms. The Kier molecular flexibility index (Phi) is 3.92. The number of aliphatic carboxylic acids is 1. The summed E-state index contributed by atoms with van der Waals surface area (Å²) in [6.07, 6.45) is -4.95. The first kappa shape index (κ1) is 15.7. The standard InChI is InChI=1S/C11H10F3NO5/c1-10(2,9(16)17)20-6-3-4-8(15(18)19)7(5-6)11(12,13)14/h3-5H,1-2H3,(H,16,17). The van der Waals surface area contributed by atoms with Gasteiger partial charge in [-0.1, -0.05) is 0 Å². The monoisotopic (exact) mass is 293 g/mol. The van der Waals surface area contributed by atoms with E-state index in [2.05, 4.69) is 0 Å². The maximum absolute atomic E-state index is 12.7. The molecule has 0 aliphatic rings. The lowest BCUT2D eigenvalue weighted by atomic mass is 10.1. The first-order valence-corrected chi connectivity index (χ1v) is 5.23. The number of nitrogens with zero attached hydrogens (tertiary/aromatic N) is 1. The van der Waals surface area contributed by atoms with Crippen molar-refractivity contribution in [2.75, 3.05) is 0 Å². The van der Waals surface area contributed by atoms with E-state index in [0.717, 1.165) is 19.9 Å². The summed E-state index contributed by atoms with van der Waals surface area (Å²) in [5.74, 6) is -1.81. The molecule has 20 heavy (non-hydrogen) atoms. The molecular formula is C11H10F3NO5. The minimum Gasteiger partial charge on any atom is -0.478 e. The molecule has 0 atom stereocenters. The minimum absolute atomic E-state index is 0.406. The predicted molar refractivity (Wildman–Crippen MR) is 60.4 cm³/mol. The molecule has 0 aromatic heterocycles. The van der Waals surface area contributed by atoms with Gasteiger partial charge in [-0.2, -0.15) is 13.2 Å². The SMILES string of the molecule is CC(C)(Oc1ccc([N+](=O)[O-])c(C(F)(F)F)c1)C(=O)O. The number of carboxylic acid groups (broad SMARTS) is 1. The summed E-state index contributed by atoms with van der Waals surface area (Å²) >= 11 is 0. The zero-order chi connectivity index (χ0) is 15.7. The van der Waals surface area contributed by atoms with Crippen LogP contribution in [0.1, 0.15) is 19.4 Å². The number of benzene rings is 1. The van der Waals surface area contributed by atoms with Gasteiger partial charge in [0.1, 0.15) is 11.3 Å². The average Bonchev–Trinajstić information content (AvgIpc) is 2.26. The Morgan fingerprint density at radius 3 is 2.30 bits per heavy atom. The Balaban J connectivity index is 3.27. The number of rotatable bonds is 4. The first-order chi connectivity index (χ1) is 8.95. The third kappa shape index (κ3) is 3.37. The third-order valence-electron chi connectivity index (χ3n) is 2.36. The van der Waals surface area contributed by atoms with Crippen molar-refractivity contribution in [1.82, 2.24) is 0 Å². The molecule has 0 spiro atoms. The molecule has 1 N–H and O–H groups in total. The lowest BCUT2D eigenvalue weighted by Gasteiger charge is -2.22. The number of halogens is 3. The lowest BCUT2D eigenvalue weighted by molar-refractivity contribution is -0.388. The summed E-state index contributed by atoms with van der Waals surface area (Å²) in [5.41, 5.74) is -4.39. The van der Waals surface area contributed by atoms with Crippen LogP contribution in [0.3, 0.4) is 0 Å². The van der Waals surface area contributed by atoms with Gasteiger partial charge >= 0.3 is 12.1 Å². The molecule has 0 unspecified atom stereocenters. The molecule has 6 nitrogen and oxygen atoms in total. The van der Waals surface area contributed by atoms with Crippen molar-refractivity contribution in [3.63, 3.8) is 0 Å². The van der Waals surface area contributed by atoms with Crippen molar-refractivity contribution in [3.8, 4) is 5.75 Å². The smallest absolute Gasteiger partial charge is 0.423 e. The minimum atomic E-state index is -4.95. The molecular weight excluding hydrogens is 283 g/mol. The van der Waals surface area contributed by atoms with E-state index in [9.17, 15) is 28.1 Å². The fourth-order valence-electron chi connectivity index (χ4n) is 1.30. The second-order valence-electron chi connectivity index (χ2n) is 4.35. The maximum atomic E-state index is 12.7. The van der Waals surface area contributed by atoms with Gasteiger partial charge in [-0.05, 0) is 26.0 Å². The fraction of sp³-hybridized carbons (Fsp3) is 0.364. The number of nitro groups is 1. The van der Waals surface area contributed by atoms with Crippen LogP contribution in [0.4, 0.5) is 18.9 Å². The van der Waals surface area contributed by atoms with Crippen molar-refractivity contribution >= 4 is 11.7 Å². The molecule has 0 radical (unpaired) electrons. The normalized spacial score (nSPS) is 12.1. The highest BCUT2D eigenvalue weighted by Gasteiger charge is 2.39. The number of carbonyl (C=O) groups is 1. The largest absolute Gasteiger partial charge is 0.478 e. The van der Waals surface area contributed by atoms with Gasteiger partial charge in [-0.25, -0.2) is 4.79 Å². The van der Waals surface area contributed by atoms with Crippen molar-refractivity contribution in [2.45, 2.75) is 25.6 Å². The highest BCUT2D eigenvalue weighted by Crippen LogP contribution is 2.38. The molecule has 0 amide bonds. The van der Waals surface area contributed by atoms with Gasteiger partial charge in [-0.15, -0.1) is 0 Å². The highest BCUT2D eigenvalue weighted by atomic mass is 19.4. The van der Waals surface area contributed by atoms with E-state index in [-0.39, 0.29) is 0 Å². The summed E-state index contributed by atoms with van der Waals surface area (Å²) in [4.78, 5) is 20.2. The van der Waals surface area contributed by atoms with E-state index in [4.69, 9.17) is 9.84 Å². The Morgan fingerprint density at radius 2 is 1.90 bits per heavy atom. The van der Waals surface area contributed by atoms with Crippen LogP contribution >= 0.6 is 0 Å². The molecule has 0 saturated carbocycles. The van der Waals surface area contributed by atoms with Crippen LogP contribution < -0.4 is 4.74 Å². The van der Waals surface area contributed by atoms with Crippen molar-refractivity contribution in [2.24, 2.45) is 0 Å². The second-order valence-corrected chi connectivity index (χ2v) is 4.35. The van der Waals surface area contributed by atoms with Crippen LogP contribution in [0.5, 0.6) is 5.75 Å². The van der Waals surface area contributed by atoms with Crippen molar-refractivity contribution < 1.29 is 32.7 Å². The summed E-state index contributed by atoms with van der Waals surface area (Å²) in [6, 6.07) is 1.94. The van der Waals surface area contributed by atoms with Crippen molar-refractivity contribution in [1.29, 1.82) is 0 Å². The van der Waals surface area contributed by atoms with Gasteiger partial charge in [-0.3, -0.25) is 10.1 Å². The molecule has 0 heterocycles. The molecule has 0 aliphatic heterocycles. The zero-order valence-electron chi connectivity index (χ0n) is 10.4. The van der Waals surface area contributed by atoms with Gasteiger partial charge in [0.05, 0.1) is 4.92 Å². The van der Waals surface area contributed by atoms with Crippen molar-refractivity contribution in [3.05, 3.63) is 33.9 Å². The van der Waals surface area contributed by atoms with Crippen LogP contribution in [-0.2, 0) is 11.0 Å². The Bertz CT molecular complexity index is 553. The van der Waals surface area contributed by atoms with Crippen LogP contribution in [0.25, 0.3) is 0 Å². The summed E-state index contributed by atoms with van der Waals surface area (Å²) in [7, 11) is 0. The Morgan fingerprint density at radius 1 is 1.35 bits per heavy atom. The topological polar surface area (TPSA) is 89.7 Å². The average molecular weight is 293 g/mol. The quantitative estimate of drug-likeness (QED) is 0.681. The predicted octanol–water partition coefficient (Wildman–Crippen LogP) is 2.86. The molecule has 1 aromatic rings. The molecule has 1 aromatic carbocycles. The van der Waals surface area contributed by atoms with E-state index in [1.807, 2.05) is 0 Å². The molecule has 0 saturated heterocycles. The van der Waals surface area contributed by atoms with E-state index in [1.165, 1.54) is 0 Å². The van der Waals surface area contributed by atoms with E-state index >= 15 is 0 Å². The number of hydrogen-bond acceptors (Lipinski definition) is 4. The lowest BCUT2D eigenvalue weighted by Crippen LogP contribution is -2.37. The van der Waals surface area contributed by atoms with Crippen LogP contribution in [-0.4, -0.2) is 21.6 Å². The number of carboxylic acids is 1. The number of alkyl halides is 3. The fourth-order valence-corrected chi connectivity index (χ4v) is 1.30. The van der Waals surface area contributed by atoms with Crippen LogP contribution in [0.15, 0.2) is 18.2 Å². The number of ether oxygens (including phenoxy) is 1. The van der Waals surface area contributed by atoms with Gasteiger partial charge < -0.3 is 9.84 Å². The maximum Gasteiger partial charge on any atom is 0.423 e. The highest BCUT2D eigenvalue weighted by molar-refractivity contribution is 5.76. The molecule has 0 fully saturated rings. The molecule has 1 rings (SSSR count). The van der Waals surface area contributed by atoms with Gasteiger partial charge in [0.15, 0.2) is 5.60 Å². The Hall–Kier alpha value is -2.32. The second kappa shape index (κ2) is 4.99. The van der Waals surface area contributed by atoms with E-state index < -0.39 is 39.7 Å². The van der Waals surface area contributed by atoms with E-state index in [1.54, 1.807) is 0 Å². The zero-order valence-corrected chi connectivity index (χ0v) is 10.4. The van der Waals surface area contributed by atoms with Crippen LogP contribution in [0.2, 0.25) is 0 Å². The third-order valence-corrected chi connectivity index (χ3v) is 2.36. The molecule has 9 heteroatoms. The Labute approximate surface area is 110 Å². The van der Waals surface area contributed by atoms with Gasteiger partial charge in [0, 0.05) is 6.07 Å².